The van der Waals surface area contributed by atoms with Gasteiger partial charge in [-0.15, -0.1) is 0 Å². The first-order valence-corrected chi connectivity index (χ1v) is 7.06. The number of hydrogen-bond acceptors (Lipinski definition) is 3. The molecule has 0 aromatic rings. The van der Waals surface area contributed by atoms with Crippen LogP contribution in [0.4, 0.5) is 0 Å². The highest BCUT2D eigenvalue weighted by Crippen LogP contribution is 2.67. The Hall–Kier alpha value is -0.830. The normalized spacial score (nSPS) is 57.1. The van der Waals surface area contributed by atoms with Gasteiger partial charge >= 0.3 is 5.97 Å². The molecule has 6 atom stereocenters. The molecule has 0 unspecified atom stereocenters. The van der Waals surface area contributed by atoms with Gasteiger partial charge in [-0.05, 0) is 33.1 Å². The summed E-state index contributed by atoms with van der Waals surface area (Å²) in [5.74, 6) is 0.726. The Kier molecular flexibility index (Phi) is 1.84. The highest BCUT2D eigenvalue weighted by molar-refractivity contribution is 5.75. The Bertz CT molecular complexity index is 468. The highest BCUT2D eigenvalue weighted by Gasteiger charge is 2.75. The monoisotopic (exact) mass is 248 g/mol. The van der Waals surface area contributed by atoms with Crippen molar-refractivity contribution in [2.45, 2.75) is 57.3 Å². The molecule has 98 valence electrons. The van der Waals surface area contributed by atoms with E-state index < -0.39 is 0 Å². The lowest BCUT2D eigenvalue weighted by atomic mass is 9.77. The number of epoxide rings is 1. The minimum atomic E-state index is -0.0547. The topological polar surface area (TPSA) is 38.8 Å². The quantitative estimate of drug-likeness (QED) is 0.375. The molecule has 2 aliphatic heterocycles. The molecule has 18 heavy (non-hydrogen) atoms. The molecule has 0 radical (unpaired) electrons. The van der Waals surface area contributed by atoms with Crippen molar-refractivity contribution in [1.29, 1.82) is 0 Å². The van der Waals surface area contributed by atoms with Crippen LogP contribution in [0.15, 0.2) is 11.6 Å². The number of carbonyl (C=O) groups is 1. The summed E-state index contributed by atoms with van der Waals surface area (Å²) in [6, 6.07) is 0. The van der Waals surface area contributed by atoms with Gasteiger partial charge in [-0.1, -0.05) is 18.6 Å². The van der Waals surface area contributed by atoms with E-state index in [4.69, 9.17) is 9.47 Å². The second-order valence-corrected chi connectivity index (χ2v) is 6.75. The number of esters is 1. The summed E-state index contributed by atoms with van der Waals surface area (Å²) in [5, 5.41) is 0. The van der Waals surface area contributed by atoms with Gasteiger partial charge in [-0.2, -0.15) is 0 Å². The number of fused-ring (bicyclic) bond motifs is 2. The van der Waals surface area contributed by atoms with Crippen LogP contribution < -0.4 is 0 Å². The largest absolute Gasteiger partial charge is 0.461 e. The number of carbonyl (C=O) groups excluding carboxylic acids is 1. The predicted molar refractivity (Wildman–Crippen MR) is 65.9 cm³/mol. The number of rotatable bonds is 0. The number of hydrogen-bond donors (Lipinski definition) is 0. The van der Waals surface area contributed by atoms with Gasteiger partial charge in [-0.25, -0.2) is 0 Å². The molecule has 3 heteroatoms. The third-order valence-electron chi connectivity index (χ3n) is 5.95. The summed E-state index contributed by atoms with van der Waals surface area (Å²) < 4.78 is 11.9. The Morgan fingerprint density at radius 2 is 2.22 bits per heavy atom. The maximum absolute atomic E-state index is 11.9. The molecule has 2 aliphatic carbocycles. The summed E-state index contributed by atoms with van der Waals surface area (Å²) >= 11 is 0. The summed E-state index contributed by atoms with van der Waals surface area (Å²) in [4.78, 5) is 11.9. The van der Waals surface area contributed by atoms with Crippen molar-refractivity contribution < 1.29 is 14.3 Å². The van der Waals surface area contributed by atoms with E-state index in [2.05, 4.69) is 19.9 Å². The van der Waals surface area contributed by atoms with E-state index in [1.807, 2.05) is 6.92 Å². The van der Waals surface area contributed by atoms with Crippen LogP contribution >= 0.6 is 0 Å². The van der Waals surface area contributed by atoms with Gasteiger partial charge in [0.2, 0.25) is 0 Å². The predicted octanol–water partition coefficient (Wildman–Crippen LogP) is 2.45. The molecule has 0 bridgehead atoms. The molecular formula is C15H20O3. The van der Waals surface area contributed by atoms with Gasteiger partial charge in [-0.3, -0.25) is 4.79 Å². The fraction of sp³-hybridized carbons (Fsp3) is 0.800. The van der Waals surface area contributed by atoms with Gasteiger partial charge in [0.15, 0.2) is 0 Å². The van der Waals surface area contributed by atoms with Gasteiger partial charge in [0.25, 0.3) is 0 Å². The van der Waals surface area contributed by atoms with Gasteiger partial charge in [0.1, 0.15) is 11.7 Å². The SMILES string of the molecule is CC1=CC[C@@]23O[C@@]2(C)CC[C@@H]2[C@H](OC(=O)[C@H]2C)[C@@H]13. The smallest absolute Gasteiger partial charge is 0.309 e. The molecule has 0 N–H and O–H groups in total. The standard InChI is InChI=1S/C15H20O3/c1-8-4-7-15-11(8)12-10(9(2)13(16)17-12)5-6-14(15,3)18-15/h4,9-12H,5-7H2,1-3H3/t9-,10-,11+,12-,14-,15-/m0/s1. The fourth-order valence-electron chi connectivity index (χ4n) is 4.71. The Labute approximate surface area is 108 Å². The first-order valence-electron chi connectivity index (χ1n) is 7.06. The van der Waals surface area contributed by atoms with Crippen LogP contribution in [-0.4, -0.2) is 23.3 Å². The second kappa shape index (κ2) is 3.01. The zero-order valence-electron chi connectivity index (χ0n) is 11.2. The van der Waals surface area contributed by atoms with Crippen molar-refractivity contribution in [2.75, 3.05) is 0 Å². The summed E-state index contributed by atoms with van der Waals surface area (Å²) in [6.07, 6.45) is 5.45. The van der Waals surface area contributed by atoms with E-state index in [1.165, 1.54) is 5.57 Å². The van der Waals surface area contributed by atoms with Gasteiger partial charge in [0.05, 0.1) is 11.5 Å². The summed E-state index contributed by atoms with van der Waals surface area (Å²) in [6.45, 7) is 6.43. The van der Waals surface area contributed by atoms with E-state index >= 15 is 0 Å². The zero-order chi connectivity index (χ0) is 12.7. The molecule has 3 fully saturated rings. The van der Waals surface area contributed by atoms with Crippen molar-refractivity contribution in [3.63, 3.8) is 0 Å². The minimum Gasteiger partial charge on any atom is -0.461 e. The average Bonchev–Trinajstić information content (AvgIpc) is 2.65. The minimum absolute atomic E-state index is 0.0101. The van der Waals surface area contributed by atoms with Crippen LogP contribution in [0.25, 0.3) is 0 Å². The third-order valence-corrected chi connectivity index (χ3v) is 5.95. The molecule has 1 saturated carbocycles. The molecular weight excluding hydrogens is 228 g/mol. The van der Waals surface area contributed by atoms with Crippen molar-refractivity contribution >= 4 is 5.97 Å². The lowest BCUT2D eigenvalue weighted by molar-refractivity contribution is -0.145. The van der Waals surface area contributed by atoms with Crippen LogP contribution in [0.3, 0.4) is 0 Å². The van der Waals surface area contributed by atoms with E-state index in [1.54, 1.807) is 0 Å². The van der Waals surface area contributed by atoms with Crippen LogP contribution in [-0.2, 0) is 14.3 Å². The van der Waals surface area contributed by atoms with Crippen LogP contribution in [0.1, 0.15) is 40.0 Å². The van der Waals surface area contributed by atoms with E-state index in [9.17, 15) is 4.79 Å². The van der Waals surface area contributed by atoms with Crippen molar-refractivity contribution in [3.05, 3.63) is 11.6 Å². The lowest BCUT2D eigenvalue weighted by Gasteiger charge is -2.27. The third kappa shape index (κ3) is 1.04. The van der Waals surface area contributed by atoms with Gasteiger partial charge in [0, 0.05) is 11.8 Å². The second-order valence-electron chi connectivity index (χ2n) is 6.75. The zero-order valence-corrected chi connectivity index (χ0v) is 11.2. The first kappa shape index (κ1) is 11.0. The van der Waals surface area contributed by atoms with Crippen molar-refractivity contribution in [1.82, 2.24) is 0 Å². The maximum atomic E-state index is 11.9. The Balaban J connectivity index is 1.78. The maximum Gasteiger partial charge on any atom is 0.309 e. The average molecular weight is 248 g/mol. The molecule has 4 rings (SSSR count). The van der Waals surface area contributed by atoms with Crippen LogP contribution in [0.2, 0.25) is 0 Å². The number of ether oxygens (including phenoxy) is 2. The van der Waals surface area contributed by atoms with E-state index in [0.717, 1.165) is 19.3 Å². The molecule has 2 heterocycles. The molecule has 0 aromatic carbocycles. The highest BCUT2D eigenvalue weighted by atomic mass is 16.6. The fourth-order valence-corrected chi connectivity index (χ4v) is 4.71. The molecule has 1 spiro atoms. The van der Waals surface area contributed by atoms with Crippen molar-refractivity contribution in [2.24, 2.45) is 17.8 Å². The van der Waals surface area contributed by atoms with Crippen molar-refractivity contribution in [3.8, 4) is 0 Å². The first-order chi connectivity index (χ1) is 8.48. The van der Waals surface area contributed by atoms with E-state index in [0.29, 0.717) is 11.8 Å². The molecule has 0 aromatic heterocycles. The Morgan fingerprint density at radius 1 is 1.44 bits per heavy atom. The molecule has 2 saturated heterocycles. The molecule has 3 nitrogen and oxygen atoms in total. The molecule has 0 amide bonds. The van der Waals surface area contributed by atoms with Gasteiger partial charge < -0.3 is 9.47 Å². The van der Waals surface area contributed by atoms with E-state index in [-0.39, 0.29) is 29.2 Å². The van der Waals surface area contributed by atoms with Crippen LogP contribution in [0, 0.1) is 17.8 Å². The van der Waals surface area contributed by atoms with Crippen LogP contribution in [0.5, 0.6) is 0 Å². The summed E-state index contributed by atoms with van der Waals surface area (Å²) in [7, 11) is 0. The Morgan fingerprint density at radius 3 is 3.00 bits per heavy atom. The summed E-state index contributed by atoms with van der Waals surface area (Å²) in [5.41, 5.74) is 1.32. The molecule has 4 aliphatic rings. The lowest BCUT2D eigenvalue weighted by Crippen LogP contribution is -2.37.